The van der Waals surface area contributed by atoms with Crippen molar-refractivity contribution in [1.82, 2.24) is 0 Å². The van der Waals surface area contributed by atoms with Crippen molar-refractivity contribution >= 4 is 56.6 Å². The van der Waals surface area contributed by atoms with Crippen LogP contribution in [0.2, 0.25) is 10.0 Å². The molecule has 2 aromatic carbocycles. The highest BCUT2D eigenvalue weighted by Crippen LogP contribution is 2.29. The van der Waals surface area contributed by atoms with Crippen molar-refractivity contribution in [2.45, 2.75) is 19.4 Å². The zero-order chi connectivity index (χ0) is 19.3. The molecule has 2 unspecified atom stereocenters. The van der Waals surface area contributed by atoms with Crippen LogP contribution in [0, 0.1) is 5.92 Å². The van der Waals surface area contributed by atoms with Gasteiger partial charge < -0.3 is 5.11 Å². The Balaban J connectivity index is 2.30. The van der Waals surface area contributed by atoms with Crippen molar-refractivity contribution in [2.75, 3.05) is 0 Å². The van der Waals surface area contributed by atoms with Gasteiger partial charge >= 0.3 is 5.97 Å². The van der Waals surface area contributed by atoms with E-state index in [0.29, 0.717) is 17.0 Å². The van der Waals surface area contributed by atoms with E-state index >= 15 is 0 Å². The first kappa shape index (κ1) is 20.6. The normalized spacial score (nSPS) is 13.5. The highest BCUT2D eigenvalue weighted by atomic mass is 79.9. The van der Waals surface area contributed by atoms with E-state index in [0.717, 1.165) is 4.47 Å². The number of Topliss-reactive ketones (excluding diaryl/α,β-unsaturated/α-hetero) is 1. The first-order valence-electron chi connectivity index (χ1n) is 7.72. The highest BCUT2D eigenvalue weighted by molar-refractivity contribution is 9.10. The molecule has 0 aromatic heterocycles. The Hall–Kier alpha value is -1.76. The number of carboxylic acid groups (broad SMARTS) is 1. The maximum atomic E-state index is 12.7. The third-order valence-corrected chi connectivity index (χ3v) is 4.81. The number of carbonyl (C=O) groups excluding carboxylic acids is 1. The molecule has 26 heavy (non-hydrogen) atoms. The van der Waals surface area contributed by atoms with Crippen molar-refractivity contribution in [2.24, 2.45) is 16.1 Å². The Bertz CT molecular complexity index is 841. The van der Waals surface area contributed by atoms with Crippen LogP contribution in [0.3, 0.4) is 0 Å². The van der Waals surface area contributed by atoms with E-state index in [1.165, 1.54) is 12.1 Å². The van der Waals surface area contributed by atoms with Gasteiger partial charge in [-0.3, -0.25) is 4.79 Å². The summed E-state index contributed by atoms with van der Waals surface area (Å²) >= 11 is 15.1. The Morgan fingerprint density at radius 3 is 2.35 bits per heavy atom. The van der Waals surface area contributed by atoms with E-state index in [9.17, 15) is 14.7 Å². The molecule has 0 bridgehead atoms. The molecule has 8 heteroatoms. The van der Waals surface area contributed by atoms with E-state index in [2.05, 4.69) is 26.2 Å². The fourth-order valence-corrected chi connectivity index (χ4v) is 3.08. The lowest BCUT2D eigenvalue weighted by Gasteiger charge is -2.17. The van der Waals surface area contributed by atoms with Crippen LogP contribution in [0.4, 0.5) is 5.69 Å². The van der Waals surface area contributed by atoms with Crippen molar-refractivity contribution < 1.29 is 14.7 Å². The zero-order valence-corrected chi connectivity index (χ0v) is 16.8. The second kappa shape index (κ2) is 9.26. The third kappa shape index (κ3) is 5.13. The number of carboxylic acids is 1. The second-order valence-electron chi connectivity index (χ2n) is 5.48. The molecule has 0 saturated carbocycles. The highest BCUT2D eigenvalue weighted by Gasteiger charge is 2.33. The number of hydrogen-bond donors (Lipinski definition) is 1. The molecule has 0 saturated heterocycles. The summed E-state index contributed by atoms with van der Waals surface area (Å²) in [4.78, 5) is 24.4. The molecule has 1 N–H and O–H groups in total. The summed E-state index contributed by atoms with van der Waals surface area (Å²) in [6, 6.07) is 10.0. The minimum atomic E-state index is -1.32. The lowest BCUT2D eigenvalue weighted by Crippen LogP contribution is -2.33. The Morgan fingerprint density at radius 2 is 1.81 bits per heavy atom. The summed E-state index contributed by atoms with van der Waals surface area (Å²) in [5.41, 5.74) is 0.708. The largest absolute Gasteiger partial charge is 0.480 e. The SMILES string of the molecule is CCC(C(=O)c1ccc(Br)cc1)C(N=Nc1ccc(Cl)cc1Cl)C(=O)O. The number of nitrogens with zero attached hydrogens (tertiary/aromatic N) is 2. The van der Waals surface area contributed by atoms with Crippen LogP contribution in [-0.4, -0.2) is 22.9 Å². The molecule has 0 radical (unpaired) electrons. The van der Waals surface area contributed by atoms with Crippen LogP contribution < -0.4 is 0 Å². The fraction of sp³-hybridized carbons (Fsp3) is 0.222. The van der Waals surface area contributed by atoms with Crippen LogP contribution >= 0.6 is 39.1 Å². The number of rotatable bonds is 7. The van der Waals surface area contributed by atoms with Crippen molar-refractivity contribution in [3.05, 3.63) is 62.5 Å². The number of aliphatic carboxylic acids is 1. The molecule has 0 heterocycles. The molecule has 0 aliphatic rings. The minimum Gasteiger partial charge on any atom is -0.480 e. The summed E-state index contributed by atoms with van der Waals surface area (Å²) < 4.78 is 0.828. The van der Waals surface area contributed by atoms with E-state index in [-0.39, 0.29) is 16.5 Å². The van der Waals surface area contributed by atoms with E-state index < -0.39 is 17.9 Å². The van der Waals surface area contributed by atoms with Gasteiger partial charge in [-0.05, 0) is 36.8 Å². The van der Waals surface area contributed by atoms with Crippen molar-refractivity contribution in [3.8, 4) is 0 Å². The monoisotopic (exact) mass is 456 g/mol. The quantitative estimate of drug-likeness (QED) is 0.396. The van der Waals surface area contributed by atoms with Crippen LogP contribution in [0.5, 0.6) is 0 Å². The molecule has 0 aliphatic heterocycles. The number of ketones is 1. The van der Waals surface area contributed by atoms with E-state index in [1.54, 1.807) is 37.3 Å². The first-order chi connectivity index (χ1) is 12.3. The molecule has 0 spiro atoms. The maximum Gasteiger partial charge on any atom is 0.331 e. The van der Waals surface area contributed by atoms with Gasteiger partial charge in [-0.15, -0.1) is 0 Å². The maximum absolute atomic E-state index is 12.7. The van der Waals surface area contributed by atoms with Crippen molar-refractivity contribution in [3.63, 3.8) is 0 Å². The summed E-state index contributed by atoms with van der Waals surface area (Å²) in [6.07, 6.45) is 0.305. The average molecular weight is 458 g/mol. The predicted molar refractivity (Wildman–Crippen MR) is 105 cm³/mol. The number of benzene rings is 2. The lowest BCUT2D eigenvalue weighted by molar-refractivity contribution is -0.139. The second-order valence-corrected chi connectivity index (χ2v) is 7.24. The summed E-state index contributed by atoms with van der Waals surface area (Å²) in [7, 11) is 0. The van der Waals surface area contributed by atoms with Gasteiger partial charge in [-0.25, -0.2) is 4.79 Å². The molecule has 2 rings (SSSR count). The molecule has 0 fully saturated rings. The first-order valence-corrected chi connectivity index (χ1v) is 9.26. The van der Waals surface area contributed by atoms with Gasteiger partial charge in [-0.1, -0.05) is 58.2 Å². The average Bonchev–Trinajstić information content (AvgIpc) is 2.60. The van der Waals surface area contributed by atoms with Gasteiger partial charge in [0, 0.05) is 15.1 Å². The van der Waals surface area contributed by atoms with Gasteiger partial charge in [0.15, 0.2) is 11.8 Å². The number of carbonyl (C=O) groups is 2. The van der Waals surface area contributed by atoms with Gasteiger partial charge in [0.2, 0.25) is 0 Å². The molecule has 2 aromatic rings. The molecular weight excluding hydrogens is 443 g/mol. The zero-order valence-electron chi connectivity index (χ0n) is 13.7. The molecule has 0 amide bonds. The van der Waals surface area contributed by atoms with Crippen LogP contribution in [0.1, 0.15) is 23.7 Å². The van der Waals surface area contributed by atoms with Crippen LogP contribution in [0.15, 0.2) is 57.2 Å². The molecule has 0 aliphatic carbocycles. The summed E-state index contributed by atoms with van der Waals surface area (Å²) in [5, 5.41) is 18.0. The fourth-order valence-electron chi connectivity index (χ4n) is 2.37. The Labute approximate surface area is 169 Å². The summed E-state index contributed by atoms with van der Waals surface area (Å²) in [6.45, 7) is 1.74. The van der Waals surface area contributed by atoms with Gasteiger partial charge in [0.1, 0.15) is 5.69 Å². The van der Waals surface area contributed by atoms with E-state index in [1.807, 2.05) is 0 Å². The van der Waals surface area contributed by atoms with Gasteiger partial charge in [0.25, 0.3) is 0 Å². The molecular formula is C18H15BrCl2N2O3. The molecule has 2 atom stereocenters. The molecule has 136 valence electrons. The smallest absolute Gasteiger partial charge is 0.331 e. The third-order valence-electron chi connectivity index (χ3n) is 3.74. The Morgan fingerprint density at radius 1 is 1.15 bits per heavy atom. The topological polar surface area (TPSA) is 79.1 Å². The Kier molecular flexibility index (Phi) is 7.32. The van der Waals surface area contributed by atoms with Crippen LogP contribution in [-0.2, 0) is 4.79 Å². The van der Waals surface area contributed by atoms with Gasteiger partial charge in [-0.2, -0.15) is 10.2 Å². The van der Waals surface area contributed by atoms with Gasteiger partial charge in [0.05, 0.1) is 10.9 Å². The number of azo groups is 1. The number of halogens is 3. The minimum absolute atomic E-state index is 0.248. The molecule has 5 nitrogen and oxygen atoms in total. The van der Waals surface area contributed by atoms with Crippen LogP contribution in [0.25, 0.3) is 0 Å². The lowest BCUT2D eigenvalue weighted by atomic mass is 9.89. The van der Waals surface area contributed by atoms with Crippen molar-refractivity contribution in [1.29, 1.82) is 0 Å². The van der Waals surface area contributed by atoms with E-state index in [4.69, 9.17) is 23.2 Å². The standard InChI is InChI=1S/C18H15BrCl2N2O3/c1-2-13(17(24)10-3-5-11(19)6-4-10)16(18(25)26)23-22-15-8-7-12(20)9-14(15)21/h3-9,13,16H,2H2,1H3,(H,25,26). The number of hydrogen-bond acceptors (Lipinski definition) is 4. The predicted octanol–water partition coefficient (Wildman–Crippen LogP) is 6.20. The summed E-state index contributed by atoms with van der Waals surface area (Å²) in [5.74, 6) is -2.37.